The van der Waals surface area contributed by atoms with Crippen molar-refractivity contribution in [3.05, 3.63) is 60.2 Å². The van der Waals surface area contributed by atoms with E-state index in [1.54, 1.807) is 0 Å². The molecule has 0 atom stereocenters. The zero-order valence-corrected chi connectivity index (χ0v) is 16.7. The fourth-order valence-electron chi connectivity index (χ4n) is 1.82. The van der Waals surface area contributed by atoms with Crippen LogP contribution in [0.2, 0.25) is 0 Å². The molecule has 0 aliphatic heterocycles. The molecule has 0 fully saturated rings. The summed E-state index contributed by atoms with van der Waals surface area (Å²) in [6.07, 6.45) is 7.92. The highest BCUT2D eigenvalue weighted by atomic mass is 79.9. The van der Waals surface area contributed by atoms with Crippen LogP contribution in [0.25, 0.3) is 0 Å². The number of aliphatic hydroxyl groups is 2. The molecule has 5 nitrogen and oxygen atoms in total. The molecular weight excluding hydrogens is 428 g/mol. The topological polar surface area (TPSA) is 79.7 Å². The number of rotatable bonds is 4. The van der Waals surface area contributed by atoms with Gasteiger partial charge in [-0.05, 0) is 26.0 Å². The normalized spacial score (nSPS) is 8.52. The molecule has 4 N–H and O–H groups in total. The Bertz CT molecular complexity index is 481. The maximum Gasteiger partial charge on any atom is 0.171 e. The van der Waals surface area contributed by atoms with Gasteiger partial charge in [-0.1, -0.05) is 0 Å². The number of pyridine rings is 2. The molecule has 2 rings (SSSR count). The van der Waals surface area contributed by atoms with Crippen molar-refractivity contribution in [2.24, 2.45) is 0 Å². The molecule has 23 heavy (non-hydrogen) atoms. The van der Waals surface area contributed by atoms with Crippen LogP contribution in [0.1, 0.15) is 11.1 Å². The Hall–Kier alpha value is -0.860. The van der Waals surface area contributed by atoms with E-state index in [4.69, 9.17) is 10.2 Å². The summed E-state index contributed by atoms with van der Waals surface area (Å²) in [6.45, 7) is 5.84. The van der Waals surface area contributed by atoms with Gasteiger partial charge in [0.2, 0.25) is 0 Å². The summed E-state index contributed by atoms with van der Waals surface area (Å²) in [6, 6.07) is 8.03. The zero-order valence-electron chi connectivity index (χ0n) is 13.5. The second-order valence-corrected chi connectivity index (χ2v) is 4.69. The van der Waals surface area contributed by atoms with Gasteiger partial charge in [0, 0.05) is 23.3 Å². The van der Waals surface area contributed by atoms with Crippen LogP contribution in [0.5, 0.6) is 0 Å². The van der Waals surface area contributed by atoms with Gasteiger partial charge in [-0.25, -0.2) is 9.13 Å². The molecule has 2 heterocycles. The van der Waals surface area contributed by atoms with E-state index in [0.29, 0.717) is 13.1 Å². The molecule has 0 saturated carbocycles. The summed E-state index contributed by atoms with van der Waals surface area (Å²) in [5.74, 6) is 0. The number of hydrogen-bond donors (Lipinski definition) is 2. The first-order chi connectivity index (χ1) is 9.65. The van der Waals surface area contributed by atoms with Crippen LogP contribution < -0.4 is 43.1 Å². The van der Waals surface area contributed by atoms with E-state index < -0.39 is 0 Å². The lowest BCUT2D eigenvalue weighted by Gasteiger charge is -1.92. The van der Waals surface area contributed by atoms with Crippen molar-refractivity contribution in [1.82, 2.24) is 0 Å². The smallest absolute Gasteiger partial charge is 0.171 e. The van der Waals surface area contributed by atoms with Crippen molar-refractivity contribution >= 4 is 0 Å². The third-order valence-corrected chi connectivity index (χ3v) is 2.73. The number of halogens is 2. The molecule has 0 spiro atoms. The van der Waals surface area contributed by atoms with Crippen LogP contribution in [0.4, 0.5) is 0 Å². The standard InChI is InChI=1S/2C8H12NO.2BrH.H2O/c2*1-8-3-2-4-9(7-8)5-6-10;;;/h2*2-4,7,10H,5-6H2,1H3;2*1H;1H2/q2*+1;;;/p-2. The van der Waals surface area contributed by atoms with E-state index in [1.807, 2.05) is 72.0 Å². The molecule has 0 saturated heterocycles. The molecule has 0 aliphatic carbocycles. The van der Waals surface area contributed by atoms with Crippen molar-refractivity contribution < 1.29 is 58.8 Å². The Kier molecular flexibility index (Phi) is 18.8. The van der Waals surface area contributed by atoms with Crippen molar-refractivity contribution in [2.45, 2.75) is 26.9 Å². The van der Waals surface area contributed by atoms with Crippen molar-refractivity contribution in [1.29, 1.82) is 0 Å². The zero-order chi connectivity index (χ0) is 14.8. The molecule has 7 heteroatoms. The minimum Gasteiger partial charge on any atom is -1.00 e. The Balaban J connectivity index is -0.000000308. The van der Waals surface area contributed by atoms with E-state index in [1.165, 1.54) is 11.1 Å². The summed E-state index contributed by atoms with van der Waals surface area (Å²) < 4.78 is 3.94. The average molecular weight is 454 g/mol. The van der Waals surface area contributed by atoms with E-state index in [2.05, 4.69) is 0 Å². The summed E-state index contributed by atoms with van der Waals surface area (Å²) in [5.41, 5.74) is 2.44. The first kappa shape index (κ1) is 27.0. The van der Waals surface area contributed by atoms with Gasteiger partial charge in [0.25, 0.3) is 0 Å². The second-order valence-electron chi connectivity index (χ2n) is 4.69. The second kappa shape index (κ2) is 16.0. The SMILES string of the molecule is Cc1ccc[n+](CCO)c1.Cc1ccc[n+](CCO)c1.O.[Br-].[Br-]. The van der Waals surface area contributed by atoms with Crippen LogP contribution in [0.3, 0.4) is 0 Å². The maximum atomic E-state index is 8.59. The summed E-state index contributed by atoms with van der Waals surface area (Å²) in [7, 11) is 0. The molecule has 0 bridgehead atoms. The van der Waals surface area contributed by atoms with E-state index in [-0.39, 0.29) is 52.7 Å². The molecule has 0 unspecified atom stereocenters. The van der Waals surface area contributed by atoms with Gasteiger partial charge in [0.05, 0.1) is 0 Å². The van der Waals surface area contributed by atoms with Gasteiger partial charge >= 0.3 is 0 Å². The fourth-order valence-corrected chi connectivity index (χ4v) is 1.82. The van der Waals surface area contributed by atoms with Crippen LogP contribution in [0.15, 0.2) is 49.1 Å². The molecule has 0 radical (unpaired) electrons. The minimum absolute atomic E-state index is 0. The molecular formula is C16H26Br2N2O3. The van der Waals surface area contributed by atoms with Gasteiger partial charge < -0.3 is 49.7 Å². The van der Waals surface area contributed by atoms with Gasteiger partial charge in [-0.15, -0.1) is 0 Å². The highest BCUT2D eigenvalue weighted by molar-refractivity contribution is 5.01. The number of hydrogen-bond acceptors (Lipinski definition) is 2. The van der Waals surface area contributed by atoms with E-state index in [9.17, 15) is 0 Å². The summed E-state index contributed by atoms with van der Waals surface area (Å²) >= 11 is 0. The number of aliphatic hydroxyl groups excluding tert-OH is 2. The van der Waals surface area contributed by atoms with Crippen LogP contribution in [0, 0.1) is 13.8 Å². The lowest BCUT2D eigenvalue weighted by Crippen LogP contribution is -3.00. The molecule has 0 aliphatic rings. The number of nitrogens with zero attached hydrogens (tertiary/aromatic N) is 2. The van der Waals surface area contributed by atoms with Crippen molar-refractivity contribution in [3.8, 4) is 0 Å². The van der Waals surface area contributed by atoms with Gasteiger partial charge in [-0.3, -0.25) is 0 Å². The minimum atomic E-state index is 0. The number of aromatic nitrogens is 2. The lowest BCUT2D eigenvalue weighted by molar-refractivity contribution is -0.698. The first-order valence-electron chi connectivity index (χ1n) is 6.79. The Morgan fingerprint density at radius 2 is 1.13 bits per heavy atom. The summed E-state index contributed by atoms with van der Waals surface area (Å²) in [5, 5.41) is 17.2. The van der Waals surface area contributed by atoms with E-state index >= 15 is 0 Å². The lowest BCUT2D eigenvalue weighted by atomic mass is 10.3. The largest absolute Gasteiger partial charge is 1.00 e. The molecule has 0 amide bonds. The Morgan fingerprint density at radius 1 is 0.783 bits per heavy atom. The fraction of sp³-hybridized carbons (Fsp3) is 0.375. The summed E-state index contributed by atoms with van der Waals surface area (Å²) in [4.78, 5) is 0. The number of aryl methyl sites for hydroxylation is 2. The highest BCUT2D eigenvalue weighted by Gasteiger charge is 1.96. The van der Waals surface area contributed by atoms with Gasteiger partial charge in [0.15, 0.2) is 37.9 Å². The third-order valence-electron chi connectivity index (χ3n) is 2.73. The Labute approximate surface area is 159 Å². The average Bonchev–Trinajstić information content (AvgIpc) is 2.40. The highest BCUT2D eigenvalue weighted by Crippen LogP contribution is 1.88. The third kappa shape index (κ3) is 12.3. The van der Waals surface area contributed by atoms with Crippen molar-refractivity contribution in [2.75, 3.05) is 13.2 Å². The molecule has 0 aromatic carbocycles. The quantitative estimate of drug-likeness (QED) is 0.452. The predicted molar refractivity (Wildman–Crippen MR) is 80.5 cm³/mol. The van der Waals surface area contributed by atoms with Gasteiger partial charge in [0.1, 0.15) is 13.2 Å². The first-order valence-corrected chi connectivity index (χ1v) is 6.79. The predicted octanol–water partition coefficient (Wildman–Crippen LogP) is -6.27. The van der Waals surface area contributed by atoms with Gasteiger partial charge in [-0.2, -0.15) is 0 Å². The van der Waals surface area contributed by atoms with Crippen LogP contribution in [-0.2, 0) is 13.1 Å². The maximum absolute atomic E-state index is 8.59. The molecule has 132 valence electrons. The van der Waals surface area contributed by atoms with Crippen molar-refractivity contribution in [3.63, 3.8) is 0 Å². The van der Waals surface area contributed by atoms with Crippen LogP contribution >= 0.6 is 0 Å². The van der Waals surface area contributed by atoms with E-state index in [0.717, 1.165) is 0 Å². The Morgan fingerprint density at radius 3 is 1.39 bits per heavy atom. The molecule has 2 aromatic rings. The van der Waals surface area contributed by atoms with Crippen LogP contribution in [-0.4, -0.2) is 28.9 Å². The monoisotopic (exact) mass is 452 g/mol. The molecule has 2 aromatic heterocycles.